The van der Waals surface area contributed by atoms with Crippen LogP contribution in [0.15, 0.2) is 0 Å². The van der Waals surface area contributed by atoms with Gasteiger partial charge in [-0.3, -0.25) is 0 Å². The van der Waals surface area contributed by atoms with Crippen LogP contribution in [-0.4, -0.2) is 36.6 Å². The van der Waals surface area contributed by atoms with E-state index < -0.39 is 0 Å². The molecule has 2 aliphatic carbocycles. The molecule has 0 amide bonds. The molecule has 0 spiro atoms. The van der Waals surface area contributed by atoms with Gasteiger partial charge in [0.05, 0.1) is 0 Å². The first-order valence-electron chi connectivity index (χ1n) is 6.88. The average molecular weight is 208 g/mol. The largest absolute Gasteiger partial charge is 0.310 e. The Bertz CT molecular complexity index is 209. The van der Waals surface area contributed by atoms with E-state index in [-0.39, 0.29) is 0 Å². The molecule has 1 atom stereocenters. The maximum atomic E-state index is 3.79. The van der Waals surface area contributed by atoms with Crippen LogP contribution in [0.5, 0.6) is 0 Å². The van der Waals surface area contributed by atoms with Crippen LogP contribution in [0.3, 0.4) is 0 Å². The minimum Gasteiger partial charge on any atom is -0.310 e. The van der Waals surface area contributed by atoms with Crippen molar-refractivity contribution in [1.29, 1.82) is 0 Å². The molecule has 2 heteroatoms. The zero-order valence-electron chi connectivity index (χ0n) is 9.75. The van der Waals surface area contributed by atoms with Gasteiger partial charge in [0.1, 0.15) is 0 Å². The number of hydrogen-bond donors (Lipinski definition) is 1. The molecule has 0 bridgehead atoms. The van der Waals surface area contributed by atoms with E-state index in [4.69, 9.17) is 0 Å². The molecule has 15 heavy (non-hydrogen) atoms. The van der Waals surface area contributed by atoms with Crippen LogP contribution >= 0.6 is 0 Å². The highest BCUT2D eigenvalue weighted by molar-refractivity contribution is 4.88. The van der Waals surface area contributed by atoms with Gasteiger partial charge in [-0.05, 0) is 51.0 Å². The fourth-order valence-corrected chi connectivity index (χ4v) is 2.98. The second-order valence-corrected chi connectivity index (χ2v) is 5.84. The molecule has 1 heterocycles. The van der Waals surface area contributed by atoms with Crippen molar-refractivity contribution in [2.45, 2.75) is 57.0 Å². The van der Waals surface area contributed by atoms with Crippen LogP contribution in [0.1, 0.15) is 44.9 Å². The molecule has 1 saturated heterocycles. The summed E-state index contributed by atoms with van der Waals surface area (Å²) in [4.78, 5) is 2.72. The van der Waals surface area contributed by atoms with E-state index in [0.717, 1.165) is 18.0 Å². The molecular formula is C13H24N2. The summed E-state index contributed by atoms with van der Waals surface area (Å²) in [7, 11) is 0. The zero-order chi connectivity index (χ0) is 10.1. The molecule has 1 unspecified atom stereocenters. The highest BCUT2D eigenvalue weighted by atomic mass is 15.2. The molecular weight excluding hydrogens is 184 g/mol. The van der Waals surface area contributed by atoms with Gasteiger partial charge in [0.2, 0.25) is 0 Å². The number of rotatable bonds is 4. The Kier molecular flexibility index (Phi) is 2.98. The Balaban J connectivity index is 1.42. The summed E-state index contributed by atoms with van der Waals surface area (Å²) < 4.78 is 0. The molecule has 0 radical (unpaired) electrons. The molecule has 0 aromatic heterocycles. The van der Waals surface area contributed by atoms with E-state index in [0.29, 0.717) is 0 Å². The van der Waals surface area contributed by atoms with E-state index >= 15 is 0 Å². The van der Waals surface area contributed by atoms with Gasteiger partial charge >= 0.3 is 0 Å². The zero-order valence-corrected chi connectivity index (χ0v) is 9.75. The van der Waals surface area contributed by atoms with Crippen LogP contribution in [0.4, 0.5) is 0 Å². The third-order valence-electron chi connectivity index (χ3n) is 4.30. The van der Waals surface area contributed by atoms with Gasteiger partial charge in [-0.2, -0.15) is 0 Å². The highest BCUT2D eigenvalue weighted by Gasteiger charge is 2.29. The van der Waals surface area contributed by atoms with Gasteiger partial charge in [-0.25, -0.2) is 0 Å². The highest BCUT2D eigenvalue weighted by Crippen LogP contribution is 2.28. The number of hydrogen-bond acceptors (Lipinski definition) is 2. The Morgan fingerprint density at radius 3 is 2.47 bits per heavy atom. The average Bonchev–Trinajstić information content (AvgIpc) is 2.96. The van der Waals surface area contributed by atoms with E-state index in [1.165, 1.54) is 64.6 Å². The predicted molar refractivity (Wildman–Crippen MR) is 63.0 cm³/mol. The molecule has 1 aliphatic heterocycles. The van der Waals surface area contributed by atoms with Crippen molar-refractivity contribution in [1.82, 2.24) is 10.2 Å². The summed E-state index contributed by atoms with van der Waals surface area (Å²) in [6.07, 6.45) is 10.2. The van der Waals surface area contributed by atoms with E-state index in [2.05, 4.69) is 10.2 Å². The topological polar surface area (TPSA) is 15.3 Å². The van der Waals surface area contributed by atoms with Crippen molar-refractivity contribution in [2.24, 2.45) is 5.92 Å². The normalized spacial score (nSPS) is 34.0. The van der Waals surface area contributed by atoms with Gasteiger partial charge in [0.15, 0.2) is 0 Å². The molecule has 3 rings (SSSR count). The molecule has 2 saturated carbocycles. The summed E-state index contributed by atoms with van der Waals surface area (Å²) in [6, 6.07) is 1.70. The molecule has 0 aromatic rings. The Hall–Kier alpha value is -0.0800. The molecule has 3 fully saturated rings. The van der Waals surface area contributed by atoms with Gasteiger partial charge in [0.25, 0.3) is 0 Å². The van der Waals surface area contributed by atoms with Crippen LogP contribution in [0.25, 0.3) is 0 Å². The van der Waals surface area contributed by atoms with E-state index in [1.807, 2.05) is 0 Å². The minimum absolute atomic E-state index is 0.811. The van der Waals surface area contributed by atoms with Crippen molar-refractivity contribution in [3.05, 3.63) is 0 Å². The van der Waals surface area contributed by atoms with Gasteiger partial charge in [-0.1, -0.05) is 6.42 Å². The fourth-order valence-electron chi connectivity index (χ4n) is 2.98. The number of nitrogens with one attached hydrogen (secondary N) is 1. The fraction of sp³-hybridized carbons (Fsp3) is 1.00. The summed E-state index contributed by atoms with van der Waals surface area (Å²) in [5.41, 5.74) is 0. The molecule has 3 aliphatic rings. The van der Waals surface area contributed by atoms with Crippen molar-refractivity contribution in [3.63, 3.8) is 0 Å². The Labute approximate surface area is 93.4 Å². The Morgan fingerprint density at radius 1 is 0.933 bits per heavy atom. The lowest BCUT2D eigenvalue weighted by Gasteiger charge is -2.37. The van der Waals surface area contributed by atoms with Crippen molar-refractivity contribution in [3.8, 4) is 0 Å². The van der Waals surface area contributed by atoms with E-state index in [1.54, 1.807) is 0 Å². The minimum atomic E-state index is 0.811. The van der Waals surface area contributed by atoms with Gasteiger partial charge in [-0.15, -0.1) is 0 Å². The number of piperidine rings is 1. The molecule has 2 nitrogen and oxygen atoms in total. The first-order chi connectivity index (χ1) is 7.40. The number of nitrogens with zero attached hydrogens (tertiary/aromatic N) is 1. The molecule has 0 aromatic carbocycles. The smallest absolute Gasteiger partial charge is 0.0198 e. The summed E-state index contributed by atoms with van der Waals surface area (Å²) >= 11 is 0. The van der Waals surface area contributed by atoms with Crippen molar-refractivity contribution < 1.29 is 0 Å². The lowest BCUT2D eigenvalue weighted by molar-refractivity contribution is 0.135. The van der Waals surface area contributed by atoms with Crippen LogP contribution in [-0.2, 0) is 0 Å². The first kappa shape index (κ1) is 10.1. The second-order valence-electron chi connectivity index (χ2n) is 5.84. The standard InChI is InChI=1S/C13H24N2/c1-3-11(4-1)9-15-8-2-5-13(10-15)14-12-6-7-12/h11-14H,1-10H2. The lowest BCUT2D eigenvalue weighted by atomic mass is 9.84. The maximum Gasteiger partial charge on any atom is 0.0198 e. The monoisotopic (exact) mass is 208 g/mol. The maximum absolute atomic E-state index is 3.79. The summed E-state index contributed by atoms with van der Waals surface area (Å²) in [5, 5.41) is 3.79. The second kappa shape index (κ2) is 4.42. The van der Waals surface area contributed by atoms with Crippen molar-refractivity contribution in [2.75, 3.05) is 19.6 Å². The predicted octanol–water partition coefficient (Wildman–Crippen LogP) is 2.00. The van der Waals surface area contributed by atoms with Gasteiger partial charge in [0, 0.05) is 25.2 Å². The molecule has 86 valence electrons. The quantitative estimate of drug-likeness (QED) is 0.760. The van der Waals surface area contributed by atoms with Crippen LogP contribution < -0.4 is 5.32 Å². The summed E-state index contributed by atoms with van der Waals surface area (Å²) in [6.45, 7) is 4.08. The third kappa shape index (κ3) is 2.73. The number of likely N-dealkylation sites (tertiary alicyclic amines) is 1. The summed E-state index contributed by atoms with van der Waals surface area (Å²) in [5.74, 6) is 1.05. The SMILES string of the molecule is C1CC(CN2CCCC(NC3CC3)C2)C1. The first-order valence-corrected chi connectivity index (χ1v) is 6.88. The lowest BCUT2D eigenvalue weighted by Crippen LogP contribution is -2.48. The Morgan fingerprint density at radius 2 is 1.80 bits per heavy atom. The van der Waals surface area contributed by atoms with Gasteiger partial charge < -0.3 is 10.2 Å². The van der Waals surface area contributed by atoms with E-state index in [9.17, 15) is 0 Å². The third-order valence-corrected chi connectivity index (χ3v) is 4.30. The van der Waals surface area contributed by atoms with Crippen molar-refractivity contribution >= 4 is 0 Å². The van der Waals surface area contributed by atoms with Crippen LogP contribution in [0, 0.1) is 5.92 Å². The molecule has 1 N–H and O–H groups in total. The van der Waals surface area contributed by atoms with Crippen LogP contribution in [0.2, 0.25) is 0 Å².